The number of alkyl carbamates (subject to hydrolysis) is 1. The molecule has 0 aliphatic heterocycles. The van der Waals surface area contributed by atoms with Crippen molar-refractivity contribution < 1.29 is 17.9 Å². The van der Waals surface area contributed by atoms with E-state index in [1.54, 1.807) is 14.0 Å². The topological polar surface area (TPSA) is 121 Å². The average Bonchev–Trinajstić information content (AvgIpc) is 2.57. The van der Waals surface area contributed by atoms with Gasteiger partial charge in [0.1, 0.15) is 5.60 Å². The molecule has 160 valence electrons. The van der Waals surface area contributed by atoms with E-state index < -0.39 is 21.7 Å². The normalized spacial score (nSPS) is 13.8. The van der Waals surface area contributed by atoms with Crippen LogP contribution >= 0.6 is 0 Å². The summed E-state index contributed by atoms with van der Waals surface area (Å²) in [5, 5.41) is 9.10. The minimum absolute atomic E-state index is 0.0176. The lowest BCUT2D eigenvalue weighted by molar-refractivity contribution is 0.0522. The molecule has 1 amide bonds. The molecule has 0 saturated heterocycles. The molecule has 0 saturated carbocycles. The van der Waals surface area contributed by atoms with E-state index in [-0.39, 0.29) is 18.3 Å². The smallest absolute Gasteiger partial charge is 0.407 e. The number of hydrogen-bond donors (Lipinski definition) is 4. The molecule has 0 rings (SSSR count). The van der Waals surface area contributed by atoms with Crippen LogP contribution in [0.25, 0.3) is 0 Å². The molecule has 0 aliphatic rings. The van der Waals surface area contributed by atoms with Gasteiger partial charge in [-0.05, 0) is 34.1 Å². The third-order valence-corrected chi connectivity index (χ3v) is 4.89. The average molecular weight is 408 g/mol. The van der Waals surface area contributed by atoms with Crippen LogP contribution in [-0.4, -0.2) is 64.5 Å². The fourth-order valence-corrected chi connectivity index (χ4v) is 2.69. The van der Waals surface area contributed by atoms with Gasteiger partial charge in [-0.3, -0.25) is 4.99 Å². The monoisotopic (exact) mass is 407 g/mol. The number of guanidine groups is 1. The van der Waals surface area contributed by atoms with Crippen molar-refractivity contribution in [3.8, 4) is 0 Å². The van der Waals surface area contributed by atoms with E-state index in [2.05, 4.69) is 32.6 Å². The Morgan fingerprint density at radius 3 is 2.33 bits per heavy atom. The van der Waals surface area contributed by atoms with Gasteiger partial charge in [-0.1, -0.05) is 19.8 Å². The molecule has 0 fully saturated rings. The highest BCUT2D eigenvalue weighted by Gasteiger charge is 2.18. The maximum atomic E-state index is 11.9. The molecule has 0 spiro atoms. The minimum atomic E-state index is -3.20. The number of nitrogens with zero attached hydrogens (tertiary/aromatic N) is 1. The number of aliphatic imine (C=N–C) groups is 1. The Morgan fingerprint density at radius 2 is 1.81 bits per heavy atom. The van der Waals surface area contributed by atoms with E-state index in [0.29, 0.717) is 19.0 Å². The summed E-state index contributed by atoms with van der Waals surface area (Å²) in [6.07, 6.45) is 2.44. The minimum Gasteiger partial charge on any atom is -0.444 e. The molecule has 0 aliphatic carbocycles. The molecule has 0 radical (unpaired) electrons. The summed E-state index contributed by atoms with van der Waals surface area (Å²) in [6.45, 7) is 10.2. The fourth-order valence-electron chi connectivity index (χ4n) is 2.07. The number of nitrogens with one attached hydrogen (secondary N) is 4. The number of rotatable bonds is 11. The molecule has 10 heteroatoms. The molecule has 0 aromatic rings. The maximum absolute atomic E-state index is 11.9. The lowest BCUT2D eigenvalue weighted by Crippen LogP contribution is -2.50. The Labute approximate surface area is 164 Å². The lowest BCUT2D eigenvalue weighted by Gasteiger charge is -2.24. The number of carbonyl (C=O) groups excluding carboxylic acids is 1. The van der Waals surface area contributed by atoms with Crippen LogP contribution in [0.15, 0.2) is 4.99 Å². The summed E-state index contributed by atoms with van der Waals surface area (Å²) in [6, 6.07) is -0.0176. The van der Waals surface area contributed by atoms with E-state index in [9.17, 15) is 13.2 Å². The van der Waals surface area contributed by atoms with Crippen LogP contribution in [0.1, 0.15) is 53.9 Å². The first kappa shape index (κ1) is 25.4. The van der Waals surface area contributed by atoms with E-state index >= 15 is 0 Å². The first-order chi connectivity index (χ1) is 12.5. The number of unbranched alkanes of at least 4 members (excludes halogenated alkanes) is 1. The Bertz CT molecular complexity index is 558. The van der Waals surface area contributed by atoms with Crippen molar-refractivity contribution in [2.45, 2.75) is 65.5 Å². The van der Waals surface area contributed by atoms with Gasteiger partial charge in [0.15, 0.2) is 5.96 Å². The molecular weight excluding hydrogens is 370 g/mol. The van der Waals surface area contributed by atoms with E-state index in [1.807, 2.05) is 20.8 Å². The van der Waals surface area contributed by atoms with Crippen LogP contribution in [0, 0.1) is 0 Å². The molecule has 0 bridgehead atoms. The zero-order valence-corrected chi connectivity index (χ0v) is 18.3. The molecule has 27 heavy (non-hydrogen) atoms. The van der Waals surface area contributed by atoms with Crippen LogP contribution in [0.3, 0.4) is 0 Å². The van der Waals surface area contributed by atoms with Gasteiger partial charge < -0.3 is 20.7 Å². The van der Waals surface area contributed by atoms with Crippen molar-refractivity contribution in [2.24, 2.45) is 4.99 Å². The lowest BCUT2D eigenvalue weighted by atomic mass is 10.1. The Kier molecular flexibility index (Phi) is 12.0. The summed E-state index contributed by atoms with van der Waals surface area (Å²) in [7, 11) is -1.56. The first-order valence-corrected chi connectivity index (χ1v) is 11.1. The van der Waals surface area contributed by atoms with E-state index in [0.717, 1.165) is 19.3 Å². The van der Waals surface area contributed by atoms with Gasteiger partial charge in [-0.25, -0.2) is 17.9 Å². The molecule has 1 atom stereocenters. The summed E-state index contributed by atoms with van der Waals surface area (Å²) in [5.41, 5.74) is -0.542. The second-order valence-corrected chi connectivity index (χ2v) is 9.26. The quantitative estimate of drug-likeness (QED) is 0.232. The van der Waals surface area contributed by atoms with E-state index in [1.165, 1.54) is 0 Å². The summed E-state index contributed by atoms with van der Waals surface area (Å²) in [5.74, 6) is 0.605. The highest BCUT2D eigenvalue weighted by molar-refractivity contribution is 7.89. The number of hydrogen-bond acceptors (Lipinski definition) is 5. The van der Waals surface area contributed by atoms with Crippen LogP contribution in [-0.2, 0) is 14.8 Å². The van der Waals surface area contributed by atoms with Gasteiger partial charge in [0, 0.05) is 32.7 Å². The zero-order chi connectivity index (χ0) is 20.9. The predicted octanol–water partition coefficient (Wildman–Crippen LogP) is 1.17. The third kappa shape index (κ3) is 14.2. The number of amides is 1. The zero-order valence-electron chi connectivity index (χ0n) is 17.5. The Hall–Kier alpha value is -1.55. The van der Waals surface area contributed by atoms with E-state index in [4.69, 9.17) is 4.74 Å². The molecule has 0 aromatic heterocycles. The molecular formula is C17H37N5O4S. The highest BCUT2D eigenvalue weighted by Crippen LogP contribution is 2.06. The third-order valence-electron chi connectivity index (χ3n) is 3.48. The highest BCUT2D eigenvalue weighted by atomic mass is 32.2. The SMILES string of the molecule is CCCCC(CNC(=O)OC(C)(C)C)NC(=NC)NCCNS(=O)(=O)CC. The van der Waals surface area contributed by atoms with Gasteiger partial charge in [0.25, 0.3) is 0 Å². The van der Waals surface area contributed by atoms with Gasteiger partial charge in [0.05, 0.1) is 5.75 Å². The number of carbonyl (C=O) groups is 1. The number of sulfonamides is 1. The van der Waals surface area contributed by atoms with Gasteiger partial charge >= 0.3 is 6.09 Å². The maximum Gasteiger partial charge on any atom is 0.407 e. The van der Waals surface area contributed by atoms with Crippen molar-refractivity contribution in [3.05, 3.63) is 0 Å². The first-order valence-electron chi connectivity index (χ1n) is 9.44. The van der Waals surface area contributed by atoms with Gasteiger partial charge in [0.2, 0.25) is 10.0 Å². The predicted molar refractivity (Wildman–Crippen MR) is 110 cm³/mol. The second-order valence-electron chi connectivity index (χ2n) is 7.16. The molecule has 4 N–H and O–H groups in total. The van der Waals surface area contributed by atoms with Crippen molar-refractivity contribution in [1.29, 1.82) is 0 Å². The van der Waals surface area contributed by atoms with Crippen LogP contribution in [0.5, 0.6) is 0 Å². The van der Waals surface area contributed by atoms with Crippen molar-refractivity contribution >= 4 is 22.1 Å². The Balaban J connectivity index is 4.50. The van der Waals surface area contributed by atoms with Gasteiger partial charge in [-0.2, -0.15) is 0 Å². The molecule has 0 heterocycles. The van der Waals surface area contributed by atoms with Crippen molar-refractivity contribution in [1.82, 2.24) is 20.7 Å². The number of ether oxygens (including phenoxy) is 1. The standard InChI is InChI=1S/C17H37N5O4S/c1-7-9-10-14(13-20-16(23)26-17(3,4)5)22-15(18-6)19-11-12-21-27(24,25)8-2/h14,21H,7-13H2,1-6H3,(H,20,23)(H2,18,19,22). The van der Waals surface area contributed by atoms with Crippen LogP contribution in [0.2, 0.25) is 0 Å². The van der Waals surface area contributed by atoms with Crippen molar-refractivity contribution in [2.75, 3.05) is 32.4 Å². The largest absolute Gasteiger partial charge is 0.444 e. The Morgan fingerprint density at radius 1 is 1.15 bits per heavy atom. The summed E-state index contributed by atoms with van der Waals surface area (Å²) in [4.78, 5) is 16.0. The van der Waals surface area contributed by atoms with Crippen LogP contribution < -0.4 is 20.7 Å². The summed E-state index contributed by atoms with van der Waals surface area (Å²) < 4.78 is 30.6. The van der Waals surface area contributed by atoms with Gasteiger partial charge in [-0.15, -0.1) is 0 Å². The fraction of sp³-hybridized carbons (Fsp3) is 0.882. The summed E-state index contributed by atoms with van der Waals surface area (Å²) >= 11 is 0. The van der Waals surface area contributed by atoms with Crippen LogP contribution in [0.4, 0.5) is 4.79 Å². The molecule has 9 nitrogen and oxygen atoms in total. The molecule has 1 unspecified atom stereocenters. The molecule has 0 aromatic carbocycles. The van der Waals surface area contributed by atoms with Crippen molar-refractivity contribution in [3.63, 3.8) is 0 Å². The second kappa shape index (κ2) is 12.8.